The first kappa shape index (κ1) is 16.7. The predicted molar refractivity (Wildman–Crippen MR) is 84.7 cm³/mol. The van der Waals surface area contributed by atoms with Gasteiger partial charge >= 0.3 is 0 Å². The van der Waals surface area contributed by atoms with Crippen molar-refractivity contribution in [1.29, 1.82) is 0 Å². The molecular formula is C15H17NO4S2. The summed E-state index contributed by atoms with van der Waals surface area (Å²) in [5.74, 6) is 0. The third-order valence-electron chi connectivity index (χ3n) is 3.19. The van der Waals surface area contributed by atoms with Crippen LogP contribution in [0.15, 0.2) is 64.4 Å². The van der Waals surface area contributed by atoms with Crippen molar-refractivity contribution in [2.24, 2.45) is 0 Å². The monoisotopic (exact) mass is 339 g/mol. The van der Waals surface area contributed by atoms with Gasteiger partial charge in [0, 0.05) is 12.3 Å². The summed E-state index contributed by atoms with van der Waals surface area (Å²) < 4.78 is 49.9. The van der Waals surface area contributed by atoms with Gasteiger partial charge < -0.3 is 0 Å². The molecule has 0 spiro atoms. The van der Waals surface area contributed by atoms with Crippen LogP contribution in [-0.4, -0.2) is 23.1 Å². The van der Waals surface area contributed by atoms with Gasteiger partial charge in [0.2, 0.25) is 10.0 Å². The van der Waals surface area contributed by atoms with Crippen LogP contribution in [-0.2, 0) is 19.9 Å². The third-order valence-corrected chi connectivity index (χ3v) is 5.88. The number of rotatable bonds is 5. The Balaban J connectivity index is 2.21. The molecule has 0 aliphatic rings. The highest BCUT2D eigenvalue weighted by atomic mass is 32.2. The highest BCUT2D eigenvalue weighted by Crippen LogP contribution is 2.19. The minimum Gasteiger partial charge on any atom is -0.224 e. The zero-order valence-electron chi connectivity index (χ0n) is 12.2. The molecule has 2 aromatic rings. The van der Waals surface area contributed by atoms with E-state index in [1.54, 1.807) is 37.3 Å². The molecule has 5 nitrogen and oxygen atoms in total. The van der Waals surface area contributed by atoms with Gasteiger partial charge in [-0.05, 0) is 36.8 Å². The second-order valence-electron chi connectivity index (χ2n) is 5.00. The maximum atomic E-state index is 12.2. The van der Waals surface area contributed by atoms with E-state index in [2.05, 4.69) is 4.72 Å². The molecule has 7 heteroatoms. The summed E-state index contributed by atoms with van der Waals surface area (Å²) >= 11 is 0. The van der Waals surface area contributed by atoms with Gasteiger partial charge in [0.15, 0.2) is 9.84 Å². The van der Waals surface area contributed by atoms with Crippen LogP contribution >= 0.6 is 0 Å². The van der Waals surface area contributed by atoms with Crippen LogP contribution in [0, 0.1) is 0 Å². The van der Waals surface area contributed by atoms with Crippen molar-refractivity contribution in [3.63, 3.8) is 0 Å². The summed E-state index contributed by atoms with van der Waals surface area (Å²) in [5, 5.41) is 0. The molecule has 0 fully saturated rings. The van der Waals surface area contributed by atoms with Crippen molar-refractivity contribution in [1.82, 2.24) is 4.72 Å². The van der Waals surface area contributed by atoms with Gasteiger partial charge in [0.25, 0.3) is 0 Å². The quantitative estimate of drug-likeness (QED) is 0.905. The lowest BCUT2D eigenvalue weighted by Crippen LogP contribution is -2.26. The minimum absolute atomic E-state index is 0.189. The molecule has 0 amide bonds. The van der Waals surface area contributed by atoms with Crippen molar-refractivity contribution in [3.05, 3.63) is 60.2 Å². The van der Waals surface area contributed by atoms with Crippen LogP contribution in [0.3, 0.4) is 0 Å². The number of sulfonamides is 1. The number of nitrogens with one attached hydrogen (secondary N) is 1. The number of benzene rings is 2. The fraction of sp³-hybridized carbons (Fsp3) is 0.200. The molecule has 0 unspecified atom stereocenters. The zero-order valence-corrected chi connectivity index (χ0v) is 13.9. The average molecular weight is 339 g/mol. The molecule has 1 atom stereocenters. The van der Waals surface area contributed by atoms with Crippen LogP contribution in [0.25, 0.3) is 0 Å². The average Bonchev–Trinajstić information content (AvgIpc) is 2.47. The van der Waals surface area contributed by atoms with Crippen LogP contribution in [0.5, 0.6) is 0 Å². The van der Waals surface area contributed by atoms with Crippen molar-refractivity contribution in [2.45, 2.75) is 22.8 Å². The molecule has 0 aliphatic carbocycles. The van der Waals surface area contributed by atoms with Gasteiger partial charge in [-0.1, -0.05) is 30.3 Å². The fourth-order valence-corrected chi connectivity index (χ4v) is 3.86. The Labute approximate surface area is 131 Å². The normalized spacial score (nSPS) is 13.7. The fourth-order valence-electron chi connectivity index (χ4n) is 1.97. The Morgan fingerprint density at radius 3 is 1.86 bits per heavy atom. The van der Waals surface area contributed by atoms with E-state index in [9.17, 15) is 16.8 Å². The second kappa shape index (κ2) is 6.20. The van der Waals surface area contributed by atoms with E-state index >= 15 is 0 Å². The van der Waals surface area contributed by atoms with Gasteiger partial charge in [-0.15, -0.1) is 0 Å². The van der Waals surface area contributed by atoms with Gasteiger partial charge in [0.05, 0.1) is 9.79 Å². The zero-order chi connectivity index (χ0) is 16.4. The summed E-state index contributed by atoms with van der Waals surface area (Å²) in [4.78, 5) is 0.393. The first-order chi connectivity index (χ1) is 10.2. The van der Waals surface area contributed by atoms with Crippen LogP contribution in [0.4, 0.5) is 0 Å². The molecule has 0 saturated heterocycles. The van der Waals surface area contributed by atoms with Gasteiger partial charge in [-0.3, -0.25) is 0 Å². The van der Waals surface area contributed by atoms with E-state index in [-0.39, 0.29) is 9.79 Å². The van der Waals surface area contributed by atoms with Crippen molar-refractivity contribution >= 4 is 19.9 Å². The first-order valence-corrected chi connectivity index (χ1v) is 9.95. The summed E-state index contributed by atoms with van der Waals surface area (Å²) in [6.45, 7) is 1.70. The lowest BCUT2D eigenvalue weighted by atomic mass is 10.1. The summed E-state index contributed by atoms with van der Waals surface area (Å²) in [5.41, 5.74) is 0.687. The van der Waals surface area contributed by atoms with Crippen LogP contribution in [0.1, 0.15) is 18.5 Å². The molecule has 0 bridgehead atoms. The number of hydrogen-bond donors (Lipinski definition) is 1. The summed E-state index contributed by atoms with van der Waals surface area (Å²) in [7, 11) is -6.88. The summed E-state index contributed by atoms with van der Waals surface area (Å²) in [6, 6.07) is 13.8. The van der Waals surface area contributed by atoms with E-state index < -0.39 is 25.9 Å². The van der Waals surface area contributed by atoms with E-state index in [1.165, 1.54) is 24.3 Å². The summed E-state index contributed by atoms with van der Waals surface area (Å²) in [6.07, 6.45) is 1.13. The molecule has 0 heterocycles. The number of sulfone groups is 1. The Hall–Kier alpha value is -1.70. The van der Waals surface area contributed by atoms with Gasteiger partial charge in [-0.2, -0.15) is 0 Å². The standard InChI is InChI=1S/C15H17NO4S2/c1-12(13-8-10-14(11-9-13)21(2,17)18)16-22(19,20)15-6-4-3-5-7-15/h3-12,16H,1-2H3/t12-/m0/s1. The molecule has 0 aliphatic heterocycles. The maximum absolute atomic E-state index is 12.2. The van der Waals surface area contributed by atoms with Crippen LogP contribution in [0.2, 0.25) is 0 Å². The van der Waals surface area contributed by atoms with Gasteiger partial charge in [-0.25, -0.2) is 21.6 Å². The van der Waals surface area contributed by atoms with E-state index in [0.717, 1.165) is 6.26 Å². The molecule has 0 saturated carbocycles. The molecular weight excluding hydrogens is 322 g/mol. The van der Waals surface area contributed by atoms with E-state index in [0.29, 0.717) is 5.56 Å². The van der Waals surface area contributed by atoms with Crippen LogP contribution < -0.4 is 4.72 Å². The second-order valence-corrected chi connectivity index (χ2v) is 8.73. The smallest absolute Gasteiger partial charge is 0.224 e. The Bertz CT molecular complexity index is 842. The Kier molecular flexibility index (Phi) is 4.69. The third kappa shape index (κ3) is 3.94. The predicted octanol–water partition coefficient (Wildman–Crippen LogP) is 2.13. The molecule has 0 radical (unpaired) electrons. The molecule has 1 N–H and O–H groups in total. The largest absolute Gasteiger partial charge is 0.241 e. The van der Waals surface area contributed by atoms with E-state index in [1.807, 2.05) is 0 Å². The molecule has 2 aromatic carbocycles. The highest BCUT2D eigenvalue weighted by molar-refractivity contribution is 7.90. The Morgan fingerprint density at radius 1 is 0.818 bits per heavy atom. The van der Waals surface area contributed by atoms with Crippen molar-refractivity contribution in [2.75, 3.05) is 6.26 Å². The maximum Gasteiger partial charge on any atom is 0.241 e. The van der Waals surface area contributed by atoms with Gasteiger partial charge in [0.1, 0.15) is 0 Å². The number of hydrogen-bond acceptors (Lipinski definition) is 4. The highest BCUT2D eigenvalue weighted by Gasteiger charge is 2.18. The van der Waals surface area contributed by atoms with Crippen molar-refractivity contribution in [3.8, 4) is 0 Å². The molecule has 22 heavy (non-hydrogen) atoms. The SMILES string of the molecule is C[C@H](NS(=O)(=O)c1ccccc1)c1ccc(S(C)(=O)=O)cc1. The molecule has 118 valence electrons. The lowest BCUT2D eigenvalue weighted by molar-refractivity contribution is 0.566. The van der Waals surface area contributed by atoms with Crippen molar-refractivity contribution < 1.29 is 16.8 Å². The Morgan fingerprint density at radius 2 is 1.36 bits per heavy atom. The molecule has 0 aromatic heterocycles. The topological polar surface area (TPSA) is 80.3 Å². The minimum atomic E-state index is -3.61. The first-order valence-electron chi connectivity index (χ1n) is 6.57. The van der Waals surface area contributed by atoms with E-state index in [4.69, 9.17) is 0 Å². The lowest BCUT2D eigenvalue weighted by Gasteiger charge is -2.15. The molecule has 2 rings (SSSR count).